The molecule has 0 aliphatic carbocycles. The van der Waals surface area contributed by atoms with Crippen LogP contribution in [0.2, 0.25) is 0 Å². The Balaban J connectivity index is 3.97. The monoisotopic (exact) mass is 251 g/mol. The fraction of sp³-hybridized carbons (Fsp3) is 1.00. The second-order valence-corrected chi connectivity index (χ2v) is 6.51. The molecule has 0 fully saturated rings. The van der Waals surface area contributed by atoms with Crippen molar-refractivity contribution in [3.05, 3.63) is 0 Å². The maximum atomic E-state index is 11.3. The van der Waals surface area contributed by atoms with E-state index in [4.69, 9.17) is 10.5 Å². The third kappa shape index (κ3) is 5.27. The normalized spacial score (nSPS) is 13.0. The van der Waals surface area contributed by atoms with Gasteiger partial charge < -0.3 is 10.5 Å². The first-order valence-corrected chi connectivity index (χ1v) is 7.82. The quantitative estimate of drug-likeness (QED) is 0.628. The Morgan fingerprint density at radius 3 is 2.12 bits per heavy atom. The van der Waals surface area contributed by atoms with Crippen LogP contribution in [-0.2, 0) is 14.6 Å². The van der Waals surface area contributed by atoms with Crippen LogP contribution in [0.5, 0.6) is 0 Å². The standard InChI is InChI=1S/C11H25NO3S/c1-4-11(5-2,10-12)15-8-7-9-16(13,14)6-3/h4-10,12H2,1-3H3. The van der Waals surface area contributed by atoms with Crippen LogP contribution in [0.15, 0.2) is 0 Å². The molecule has 2 N–H and O–H groups in total. The molecule has 0 aromatic rings. The summed E-state index contributed by atoms with van der Waals surface area (Å²) in [4.78, 5) is 0. The predicted octanol–water partition coefficient (Wildman–Crippen LogP) is 1.35. The van der Waals surface area contributed by atoms with Crippen LogP contribution in [-0.4, -0.2) is 38.7 Å². The first kappa shape index (κ1) is 15.9. The van der Waals surface area contributed by atoms with E-state index in [0.29, 0.717) is 19.6 Å². The van der Waals surface area contributed by atoms with E-state index in [1.54, 1.807) is 6.92 Å². The van der Waals surface area contributed by atoms with Crippen LogP contribution in [0.25, 0.3) is 0 Å². The third-order valence-electron chi connectivity index (χ3n) is 3.11. The van der Waals surface area contributed by atoms with Crippen LogP contribution < -0.4 is 5.73 Å². The molecule has 0 saturated carbocycles. The molecule has 0 aromatic heterocycles. The zero-order valence-corrected chi connectivity index (χ0v) is 11.5. The molecule has 0 aliphatic heterocycles. The summed E-state index contributed by atoms with van der Waals surface area (Å²) in [7, 11) is -2.87. The van der Waals surface area contributed by atoms with Gasteiger partial charge in [-0.15, -0.1) is 0 Å². The first-order chi connectivity index (χ1) is 7.45. The van der Waals surface area contributed by atoms with Crippen LogP contribution in [0, 0.1) is 0 Å². The lowest BCUT2D eigenvalue weighted by Crippen LogP contribution is -2.40. The summed E-state index contributed by atoms with van der Waals surface area (Å²) in [6, 6.07) is 0. The van der Waals surface area contributed by atoms with Crippen LogP contribution in [0.3, 0.4) is 0 Å². The van der Waals surface area contributed by atoms with E-state index in [1.165, 1.54) is 0 Å². The van der Waals surface area contributed by atoms with Gasteiger partial charge in [-0.3, -0.25) is 0 Å². The molecule has 0 spiro atoms. The molecule has 0 atom stereocenters. The van der Waals surface area contributed by atoms with Crippen molar-refractivity contribution in [2.45, 2.75) is 45.6 Å². The van der Waals surface area contributed by atoms with Crippen molar-refractivity contribution in [1.82, 2.24) is 0 Å². The van der Waals surface area contributed by atoms with Crippen molar-refractivity contribution in [3.63, 3.8) is 0 Å². The minimum atomic E-state index is -2.87. The average Bonchev–Trinajstić information content (AvgIpc) is 2.30. The van der Waals surface area contributed by atoms with Crippen molar-refractivity contribution in [1.29, 1.82) is 0 Å². The molecule has 5 heteroatoms. The predicted molar refractivity (Wildman–Crippen MR) is 67.3 cm³/mol. The molecule has 0 radical (unpaired) electrons. The van der Waals surface area contributed by atoms with Crippen LogP contribution in [0.4, 0.5) is 0 Å². The SMILES string of the molecule is CCC(CC)(CN)OCCCS(=O)(=O)CC. The maximum absolute atomic E-state index is 11.3. The molecule has 0 bridgehead atoms. The van der Waals surface area contributed by atoms with E-state index in [-0.39, 0.29) is 17.1 Å². The molecule has 0 amide bonds. The zero-order chi connectivity index (χ0) is 12.7. The van der Waals surface area contributed by atoms with E-state index < -0.39 is 9.84 Å². The number of hydrogen-bond donors (Lipinski definition) is 1. The summed E-state index contributed by atoms with van der Waals surface area (Å²) in [5.74, 6) is 0.411. The summed E-state index contributed by atoms with van der Waals surface area (Å²) >= 11 is 0. The Morgan fingerprint density at radius 1 is 1.19 bits per heavy atom. The molecule has 0 saturated heterocycles. The van der Waals surface area contributed by atoms with E-state index in [1.807, 2.05) is 13.8 Å². The van der Waals surface area contributed by atoms with E-state index >= 15 is 0 Å². The zero-order valence-electron chi connectivity index (χ0n) is 10.7. The molecular formula is C11H25NO3S. The average molecular weight is 251 g/mol. The number of sulfone groups is 1. The van der Waals surface area contributed by atoms with E-state index in [2.05, 4.69) is 0 Å². The highest BCUT2D eigenvalue weighted by Gasteiger charge is 2.24. The molecule has 98 valence electrons. The van der Waals surface area contributed by atoms with Gasteiger partial charge in [-0.05, 0) is 19.3 Å². The third-order valence-corrected chi connectivity index (χ3v) is 4.90. The van der Waals surface area contributed by atoms with E-state index in [0.717, 1.165) is 12.8 Å². The van der Waals surface area contributed by atoms with Crippen molar-refractivity contribution < 1.29 is 13.2 Å². The Kier molecular flexibility index (Phi) is 7.19. The fourth-order valence-corrected chi connectivity index (χ4v) is 2.36. The number of hydrogen-bond acceptors (Lipinski definition) is 4. The van der Waals surface area contributed by atoms with Gasteiger partial charge in [-0.2, -0.15) is 0 Å². The van der Waals surface area contributed by atoms with Gasteiger partial charge in [0.15, 0.2) is 0 Å². The number of rotatable bonds is 9. The Hall–Kier alpha value is -0.130. The maximum Gasteiger partial charge on any atom is 0.150 e. The summed E-state index contributed by atoms with van der Waals surface area (Å²) in [6.07, 6.45) is 2.28. The Labute approximate surface area is 99.5 Å². The summed E-state index contributed by atoms with van der Waals surface area (Å²) in [5, 5.41) is 0. The molecule has 0 aromatic carbocycles. The van der Waals surface area contributed by atoms with Crippen molar-refractivity contribution in [2.75, 3.05) is 24.7 Å². The van der Waals surface area contributed by atoms with Gasteiger partial charge in [-0.1, -0.05) is 20.8 Å². The lowest BCUT2D eigenvalue weighted by atomic mass is 9.97. The number of nitrogens with two attached hydrogens (primary N) is 1. The molecule has 0 rings (SSSR count). The highest BCUT2D eigenvalue weighted by molar-refractivity contribution is 7.91. The van der Waals surface area contributed by atoms with Crippen molar-refractivity contribution in [2.24, 2.45) is 5.73 Å². The van der Waals surface area contributed by atoms with Gasteiger partial charge >= 0.3 is 0 Å². The number of ether oxygens (including phenoxy) is 1. The molecule has 16 heavy (non-hydrogen) atoms. The summed E-state index contributed by atoms with van der Waals surface area (Å²) in [6.45, 7) is 6.70. The van der Waals surface area contributed by atoms with Gasteiger partial charge in [0.05, 0.1) is 11.4 Å². The topological polar surface area (TPSA) is 69.4 Å². The van der Waals surface area contributed by atoms with Crippen molar-refractivity contribution in [3.8, 4) is 0 Å². The van der Waals surface area contributed by atoms with Gasteiger partial charge in [0.25, 0.3) is 0 Å². The molecule has 4 nitrogen and oxygen atoms in total. The first-order valence-electron chi connectivity index (χ1n) is 5.99. The van der Waals surface area contributed by atoms with Gasteiger partial charge in [-0.25, -0.2) is 8.42 Å². The van der Waals surface area contributed by atoms with Crippen LogP contribution in [0.1, 0.15) is 40.0 Å². The summed E-state index contributed by atoms with van der Waals surface area (Å²) < 4.78 is 28.2. The fourth-order valence-electron chi connectivity index (χ4n) is 1.51. The van der Waals surface area contributed by atoms with Gasteiger partial charge in [0.1, 0.15) is 9.84 Å². The Bertz CT molecular complexity index is 263. The highest BCUT2D eigenvalue weighted by atomic mass is 32.2. The largest absolute Gasteiger partial charge is 0.374 e. The Morgan fingerprint density at radius 2 is 1.75 bits per heavy atom. The minimum absolute atomic E-state index is 0.205. The van der Waals surface area contributed by atoms with Gasteiger partial charge in [0, 0.05) is 18.9 Å². The second-order valence-electron chi connectivity index (χ2n) is 4.03. The van der Waals surface area contributed by atoms with Crippen molar-refractivity contribution >= 4 is 9.84 Å². The lowest BCUT2D eigenvalue weighted by Gasteiger charge is -2.30. The smallest absolute Gasteiger partial charge is 0.150 e. The van der Waals surface area contributed by atoms with E-state index in [9.17, 15) is 8.42 Å². The van der Waals surface area contributed by atoms with Crippen LogP contribution >= 0.6 is 0 Å². The van der Waals surface area contributed by atoms with Gasteiger partial charge in [0.2, 0.25) is 0 Å². The molecular weight excluding hydrogens is 226 g/mol. The summed E-state index contributed by atoms with van der Waals surface area (Å²) in [5.41, 5.74) is 5.41. The second kappa shape index (κ2) is 7.25. The lowest BCUT2D eigenvalue weighted by molar-refractivity contribution is -0.0437. The molecule has 0 heterocycles. The molecule has 0 unspecified atom stereocenters. The highest BCUT2D eigenvalue weighted by Crippen LogP contribution is 2.19. The minimum Gasteiger partial charge on any atom is -0.374 e. The molecule has 0 aliphatic rings.